The summed E-state index contributed by atoms with van der Waals surface area (Å²) in [7, 11) is 0. The summed E-state index contributed by atoms with van der Waals surface area (Å²) in [5, 5.41) is 0. The van der Waals surface area contributed by atoms with Gasteiger partial charge < -0.3 is 0 Å². The van der Waals surface area contributed by atoms with E-state index in [1.54, 1.807) is 0 Å². The first-order valence-electron chi connectivity index (χ1n) is 10.2. The Hall–Kier alpha value is -1.89. The van der Waals surface area contributed by atoms with E-state index >= 15 is 0 Å². The lowest BCUT2D eigenvalue weighted by molar-refractivity contribution is 0.586. The molecule has 0 N–H and O–H groups in total. The lowest BCUT2D eigenvalue weighted by Gasteiger charge is -2.12. The minimum atomic E-state index is -0.00708. The Bertz CT molecular complexity index is 649. The van der Waals surface area contributed by atoms with E-state index in [4.69, 9.17) is 0 Å². The number of aryl methyl sites for hydroxylation is 2. The maximum Gasteiger partial charge on any atom is 0.0524 e. The molecule has 0 saturated heterocycles. The Balaban J connectivity index is 1.62. The molecule has 0 aliphatic heterocycles. The van der Waals surface area contributed by atoms with Crippen LogP contribution >= 0.6 is 0 Å². The molecule has 0 aliphatic rings. The van der Waals surface area contributed by atoms with E-state index in [-0.39, 0.29) is 5.54 Å². The van der Waals surface area contributed by atoms with Gasteiger partial charge in [0.1, 0.15) is 0 Å². The monoisotopic (exact) mass is 349 g/mol. The van der Waals surface area contributed by atoms with Crippen LogP contribution in [0.2, 0.25) is 0 Å². The maximum atomic E-state index is 4.67. The molecule has 1 nitrogen and oxygen atoms in total. The summed E-state index contributed by atoms with van der Waals surface area (Å²) >= 11 is 0. The second kappa shape index (κ2) is 11.0. The molecule has 0 aromatic heterocycles. The zero-order chi connectivity index (χ0) is 18.7. The van der Waals surface area contributed by atoms with Crippen molar-refractivity contribution < 1.29 is 0 Å². The molecule has 0 spiro atoms. The van der Waals surface area contributed by atoms with Gasteiger partial charge in [0.15, 0.2) is 0 Å². The predicted molar refractivity (Wildman–Crippen MR) is 115 cm³/mol. The van der Waals surface area contributed by atoms with Gasteiger partial charge in [-0.1, -0.05) is 80.3 Å². The minimum absolute atomic E-state index is 0.00708. The molecule has 0 fully saturated rings. The molecule has 0 unspecified atom stereocenters. The van der Waals surface area contributed by atoms with Gasteiger partial charge in [-0.15, -0.1) is 0 Å². The van der Waals surface area contributed by atoms with Crippen LogP contribution in [0.3, 0.4) is 0 Å². The number of benzene rings is 2. The molecular weight excluding hydrogens is 314 g/mol. The van der Waals surface area contributed by atoms with E-state index in [1.165, 1.54) is 61.6 Å². The zero-order valence-corrected chi connectivity index (χ0v) is 16.9. The molecule has 2 aromatic carbocycles. The van der Waals surface area contributed by atoms with Gasteiger partial charge in [-0.3, -0.25) is 4.99 Å². The summed E-state index contributed by atoms with van der Waals surface area (Å²) < 4.78 is 0. The molecule has 2 aromatic rings. The number of unbranched alkanes of at least 4 members (excludes halogenated alkanes) is 5. The van der Waals surface area contributed by atoms with E-state index < -0.39 is 0 Å². The lowest BCUT2D eigenvalue weighted by Crippen LogP contribution is -2.10. The predicted octanol–water partition coefficient (Wildman–Crippen LogP) is 7.03. The molecule has 2 rings (SSSR count). The topological polar surface area (TPSA) is 12.4 Å². The van der Waals surface area contributed by atoms with E-state index in [2.05, 4.69) is 86.6 Å². The van der Waals surface area contributed by atoms with Gasteiger partial charge in [-0.05, 0) is 63.1 Å². The van der Waals surface area contributed by atoms with Crippen molar-refractivity contribution in [2.75, 3.05) is 0 Å². The van der Waals surface area contributed by atoms with Gasteiger partial charge in [0.05, 0.1) is 5.54 Å². The number of nitrogens with zero attached hydrogens (tertiary/aromatic N) is 1. The second-order valence-electron chi connectivity index (χ2n) is 8.23. The third kappa shape index (κ3) is 8.47. The number of hydrogen-bond donors (Lipinski definition) is 0. The van der Waals surface area contributed by atoms with Crippen molar-refractivity contribution in [2.45, 2.75) is 77.7 Å². The van der Waals surface area contributed by atoms with Crippen LogP contribution in [0.1, 0.15) is 76.0 Å². The summed E-state index contributed by atoms with van der Waals surface area (Å²) in [4.78, 5) is 4.67. The van der Waals surface area contributed by atoms with Crippen LogP contribution < -0.4 is 0 Å². The number of aliphatic imine (C=N–C) groups is 1. The summed E-state index contributed by atoms with van der Waals surface area (Å²) in [5.74, 6) is 0. The van der Waals surface area contributed by atoms with Gasteiger partial charge in [-0.25, -0.2) is 0 Å². The first-order chi connectivity index (χ1) is 12.5. The van der Waals surface area contributed by atoms with Crippen molar-refractivity contribution in [1.82, 2.24) is 0 Å². The van der Waals surface area contributed by atoms with Crippen LogP contribution in [0.4, 0.5) is 0 Å². The Kier molecular flexibility index (Phi) is 8.61. The molecule has 26 heavy (non-hydrogen) atoms. The molecular formula is C25H35N. The van der Waals surface area contributed by atoms with Crippen molar-refractivity contribution >= 4 is 6.21 Å². The Morgan fingerprint density at radius 2 is 1.27 bits per heavy atom. The van der Waals surface area contributed by atoms with Crippen LogP contribution in [0.5, 0.6) is 0 Å². The van der Waals surface area contributed by atoms with Crippen LogP contribution in [-0.4, -0.2) is 11.8 Å². The second-order valence-corrected chi connectivity index (χ2v) is 8.23. The lowest BCUT2D eigenvalue weighted by atomic mass is 10.00. The molecule has 0 heterocycles. The molecule has 0 saturated carbocycles. The van der Waals surface area contributed by atoms with Crippen molar-refractivity contribution in [3.05, 3.63) is 71.3 Å². The largest absolute Gasteiger partial charge is 0.287 e. The third-order valence-corrected chi connectivity index (χ3v) is 4.65. The van der Waals surface area contributed by atoms with Gasteiger partial charge in [-0.2, -0.15) is 0 Å². The highest BCUT2D eigenvalue weighted by Crippen LogP contribution is 2.15. The Morgan fingerprint density at radius 1 is 0.692 bits per heavy atom. The summed E-state index contributed by atoms with van der Waals surface area (Å²) in [6.07, 6.45) is 12.4. The summed E-state index contributed by atoms with van der Waals surface area (Å²) in [6.45, 7) is 6.43. The molecule has 140 valence electrons. The molecule has 0 bridgehead atoms. The average molecular weight is 350 g/mol. The van der Waals surface area contributed by atoms with E-state index in [1.807, 2.05) is 0 Å². The minimum Gasteiger partial charge on any atom is -0.287 e. The van der Waals surface area contributed by atoms with E-state index in [0.29, 0.717) is 0 Å². The first kappa shape index (κ1) is 20.4. The average Bonchev–Trinajstić information content (AvgIpc) is 2.63. The summed E-state index contributed by atoms with van der Waals surface area (Å²) in [5.41, 5.74) is 4.18. The normalized spacial score (nSPS) is 12.0. The highest BCUT2D eigenvalue weighted by Gasteiger charge is 2.06. The van der Waals surface area contributed by atoms with Gasteiger partial charge >= 0.3 is 0 Å². The Morgan fingerprint density at radius 3 is 1.96 bits per heavy atom. The van der Waals surface area contributed by atoms with Crippen molar-refractivity contribution in [3.8, 4) is 0 Å². The number of hydrogen-bond acceptors (Lipinski definition) is 1. The SMILES string of the molecule is CC(C)(C)N=Cc1ccccc1CCCCCCCCc1ccccc1. The number of rotatable bonds is 10. The van der Waals surface area contributed by atoms with Crippen molar-refractivity contribution in [2.24, 2.45) is 4.99 Å². The zero-order valence-electron chi connectivity index (χ0n) is 16.9. The standard InChI is InChI=1S/C25H35N/c1-25(2,3)26-21-24-20-14-13-19-23(24)18-12-7-5-4-6-9-15-22-16-10-8-11-17-22/h8,10-11,13-14,16-17,19-21H,4-7,9,12,15,18H2,1-3H3. The van der Waals surface area contributed by atoms with Gasteiger partial charge in [0, 0.05) is 6.21 Å². The highest BCUT2D eigenvalue weighted by atomic mass is 14.8. The third-order valence-electron chi connectivity index (χ3n) is 4.65. The molecule has 0 atom stereocenters. The fourth-order valence-corrected chi connectivity index (χ4v) is 3.15. The van der Waals surface area contributed by atoms with Crippen molar-refractivity contribution in [3.63, 3.8) is 0 Å². The fourth-order valence-electron chi connectivity index (χ4n) is 3.15. The van der Waals surface area contributed by atoms with E-state index in [0.717, 1.165) is 6.42 Å². The van der Waals surface area contributed by atoms with Gasteiger partial charge in [0.2, 0.25) is 0 Å². The first-order valence-corrected chi connectivity index (χ1v) is 10.2. The van der Waals surface area contributed by atoms with Crippen LogP contribution in [-0.2, 0) is 12.8 Å². The van der Waals surface area contributed by atoms with Crippen LogP contribution in [0, 0.1) is 0 Å². The van der Waals surface area contributed by atoms with E-state index in [9.17, 15) is 0 Å². The van der Waals surface area contributed by atoms with Crippen LogP contribution in [0.15, 0.2) is 59.6 Å². The smallest absolute Gasteiger partial charge is 0.0524 e. The molecule has 0 aliphatic carbocycles. The molecule has 0 radical (unpaired) electrons. The maximum absolute atomic E-state index is 4.67. The Labute approximate surface area is 160 Å². The highest BCUT2D eigenvalue weighted by molar-refractivity contribution is 5.82. The molecule has 1 heteroatoms. The quantitative estimate of drug-likeness (QED) is 0.322. The molecule has 0 amide bonds. The summed E-state index contributed by atoms with van der Waals surface area (Å²) in [6, 6.07) is 19.5. The van der Waals surface area contributed by atoms with Gasteiger partial charge in [0.25, 0.3) is 0 Å². The van der Waals surface area contributed by atoms with Crippen molar-refractivity contribution in [1.29, 1.82) is 0 Å². The van der Waals surface area contributed by atoms with Crippen LogP contribution in [0.25, 0.3) is 0 Å². The fraction of sp³-hybridized carbons (Fsp3) is 0.480.